The molecule has 142 valence electrons. The maximum atomic E-state index is 11.6. The van der Waals surface area contributed by atoms with Gasteiger partial charge in [0.1, 0.15) is 5.75 Å². The molecule has 0 spiro atoms. The number of fused-ring (bicyclic) bond motifs is 2. The van der Waals surface area contributed by atoms with Crippen LogP contribution in [0, 0.1) is 11.8 Å². The molecule has 4 nitrogen and oxygen atoms in total. The van der Waals surface area contributed by atoms with Crippen molar-refractivity contribution in [2.75, 3.05) is 26.7 Å². The van der Waals surface area contributed by atoms with E-state index in [4.69, 9.17) is 4.74 Å². The monoisotopic (exact) mass is 364 g/mol. The van der Waals surface area contributed by atoms with Crippen LogP contribution in [0.2, 0.25) is 0 Å². The standard InChI is InChI=1S/C23H28N2O2/c1-27-22-12-3-2-7-18(22)8-6-14-25-16-20-9-4-10-21(17-25)23(20,26)19-11-5-13-24-15-19/h2-3,5-8,11-13,15,20-21,26H,4,9-10,14,16-17H2,1H3/t20-,21+,23?. The molecule has 1 saturated carbocycles. The third-order valence-electron chi connectivity index (χ3n) is 6.23. The summed E-state index contributed by atoms with van der Waals surface area (Å²) in [6.07, 6.45) is 11.3. The van der Waals surface area contributed by atoms with Crippen LogP contribution in [0.4, 0.5) is 0 Å². The summed E-state index contributed by atoms with van der Waals surface area (Å²) < 4.78 is 5.42. The van der Waals surface area contributed by atoms with Gasteiger partial charge in [-0.1, -0.05) is 42.8 Å². The SMILES string of the molecule is COc1ccccc1C=CCN1C[C@H]2CCC[C@@H](C1)C2(O)c1cccnc1. The molecule has 2 fully saturated rings. The van der Waals surface area contributed by atoms with Gasteiger partial charge in [-0.15, -0.1) is 0 Å². The van der Waals surface area contributed by atoms with Gasteiger partial charge in [0, 0.05) is 55.0 Å². The molecular formula is C23H28N2O2. The summed E-state index contributed by atoms with van der Waals surface area (Å²) in [6.45, 7) is 2.75. The van der Waals surface area contributed by atoms with Crippen molar-refractivity contribution in [2.45, 2.75) is 24.9 Å². The number of para-hydroxylation sites is 1. The van der Waals surface area contributed by atoms with Crippen molar-refractivity contribution in [3.63, 3.8) is 0 Å². The summed E-state index contributed by atoms with van der Waals surface area (Å²) in [5.74, 6) is 1.44. The Kier molecular flexibility index (Phi) is 5.28. The van der Waals surface area contributed by atoms with Gasteiger partial charge in [0.25, 0.3) is 0 Å². The highest BCUT2D eigenvalue weighted by Crippen LogP contribution is 2.48. The predicted molar refractivity (Wildman–Crippen MR) is 107 cm³/mol. The van der Waals surface area contributed by atoms with Gasteiger partial charge in [0.15, 0.2) is 0 Å². The first-order valence-corrected chi connectivity index (χ1v) is 9.86. The Morgan fingerprint density at radius 3 is 2.67 bits per heavy atom. The van der Waals surface area contributed by atoms with E-state index in [-0.39, 0.29) is 11.8 Å². The van der Waals surface area contributed by atoms with Crippen LogP contribution in [-0.2, 0) is 5.60 Å². The summed E-state index contributed by atoms with van der Waals surface area (Å²) in [4.78, 5) is 6.73. The number of methoxy groups -OCH3 is 1. The first-order chi connectivity index (χ1) is 13.2. The van der Waals surface area contributed by atoms with E-state index in [1.807, 2.05) is 36.5 Å². The number of benzene rings is 1. The van der Waals surface area contributed by atoms with E-state index >= 15 is 0 Å². The number of piperidine rings is 1. The Labute approximate surface area is 161 Å². The van der Waals surface area contributed by atoms with Gasteiger partial charge in [0.2, 0.25) is 0 Å². The largest absolute Gasteiger partial charge is 0.496 e. The minimum atomic E-state index is -0.727. The van der Waals surface area contributed by atoms with Crippen molar-refractivity contribution in [1.82, 2.24) is 9.88 Å². The fraction of sp³-hybridized carbons (Fsp3) is 0.435. The Morgan fingerprint density at radius 2 is 1.96 bits per heavy atom. The maximum Gasteiger partial charge on any atom is 0.126 e. The van der Waals surface area contributed by atoms with E-state index in [9.17, 15) is 5.11 Å². The summed E-state index contributed by atoms with van der Waals surface area (Å²) in [5.41, 5.74) is 1.36. The van der Waals surface area contributed by atoms with Gasteiger partial charge in [-0.2, -0.15) is 0 Å². The highest BCUT2D eigenvalue weighted by atomic mass is 16.5. The quantitative estimate of drug-likeness (QED) is 0.878. The number of pyridine rings is 1. The molecule has 0 amide bonds. The molecule has 3 atom stereocenters. The number of aromatic nitrogens is 1. The van der Waals surface area contributed by atoms with Crippen LogP contribution in [0.5, 0.6) is 5.75 Å². The average molecular weight is 364 g/mol. The number of likely N-dealkylation sites (tertiary alicyclic amines) is 1. The van der Waals surface area contributed by atoms with Gasteiger partial charge in [-0.05, 0) is 25.0 Å². The van der Waals surface area contributed by atoms with Gasteiger partial charge < -0.3 is 9.84 Å². The van der Waals surface area contributed by atoms with Crippen molar-refractivity contribution in [2.24, 2.45) is 11.8 Å². The first kappa shape index (κ1) is 18.2. The van der Waals surface area contributed by atoms with Crippen molar-refractivity contribution in [3.05, 3.63) is 66.0 Å². The number of aliphatic hydroxyl groups is 1. The molecule has 4 rings (SSSR count). The third-order valence-corrected chi connectivity index (χ3v) is 6.23. The number of hydrogen-bond donors (Lipinski definition) is 1. The molecule has 2 heterocycles. The van der Waals surface area contributed by atoms with E-state index in [1.165, 1.54) is 6.42 Å². The van der Waals surface area contributed by atoms with Crippen LogP contribution < -0.4 is 4.74 Å². The molecule has 27 heavy (non-hydrogen) atoms. The second-order valence-corrected chi connectivity index (χ2v) is 7.75. The van der Waals surface area contributed by atoms with Gasteiger partial charge >= 0.3 is 0 Å². The summed E-state index contributed by atoms with van der Waals surface area (Å²) >= 11 is 0. The van der Waals surface area contributed by atoms with Crippen LogP contribution in [0.3, 0.4) is 0 Å². The number of hydrogen-bond acceptors (Lipinski definition) is 4. The highest BCUT2D eigenvalue weighted by Gasteiger charge is 2.51. The summed E-state index contributed by atoms with van der Waals surface area (Å²) in [7, 11) is 1.71. The van der Waals surface area contributed by atoms with Gasteiger partial charge in [-0.25, -0.2) is 0 Å². The fourth-order valence-corrected chi connectivity index (χ4v) is 4.90. The zero-order valence-electron chi connectivity index (χ0n) is 15.9. The van der Waals surface area contributed by atoms with Crippen LogP contribution in [0.15, 0.2) is 54.9 Å². The lowest BCUT2D eigenvalue weighted by atomic mass is 9.63. The molecule has 1 aromatic carbocycles. The molecule has 2 aliphatic rings. The zero-order chi connectivity index (χ0) is 18.7. The molecule has 1 N–H and O–H groups in total. The van der Waals surface area contributed by atoms with Crippen molar-refractivity contribution < 1.29 is 9.84 Å². The van der Waals surface area contributed by atoms with Gasteiger partial charge in [-0.3, -0.25) is 9.88 Å². The maximum absolute atomic E-state index is 11.6. The Bertz CT molecular complexity index is 776. The normalized spacial score (nSPS) is 28.4. The number of nitrogens with zero attached hydrogens (tertiary/aromatic N) is 2. The van der Waals surface area contributed by atoms with E-state index in [0.717, 1.165) is 49.4 Å². The van der Waals surface area contributed by atoms with Crippen LogP contribution in [0.25, 0.3) is 6.08 Å². The molecule has 2 bridgehead atoms. The minimum absolute atomic E-state index is 0.272. The molecule has 1 saturated heterocycles. The second-order valence-electron chi connectivity index (χ2n) is 7.75. The van der Waals surface area contributed by atoms with Crippen LogP contribution in [0.1, 0.15) is 30.4 Å². The molecule has 0 radical (unpaired) electrons. The lowest BCUT2D eigenvalue weighted by molar-refractivity contribution is -0.145. The lowest BCUT2D eigenvalue weighted by Crippen LogP contribution is -2.58. The Morgan fingerprint density at radius 1 is 1.19 bits per heavy atom. The Balaban J connectivity index is 1.47. The first-order valence-electron chi connectivity index (χ1n) is 9.86. The molecular weight excluding hydrogens is 336 g/mol. The zero-order valence-corrected chi connectivity index (χ0v) is 15.9. The van der Waals surface area contributed by atoms with E-state index in [1.54, 1.807) is 13.3 Å². The Hall–Kier alpha value is -2.17. The average Bonchev–Trinajstić information content (AvgIpc) is 2.69. The number of rotatable bonds is 5. The summed E-state index contributed by atoms with van der Waals surface area (Å²) in [5, 5.41) is 11.6. The molecule has 4 heteroatoms. The smallest absolute Gasteiger partial charge is 0.126 e. The molecule has 1 unspecified atom stereocenters. The van der Waals surface area contributed by atoms with Crippen molar-refractivity contribution in [1.29, 1.82) is 0 Å². The van der Waals surface area contributed by atoms with Crippen molar-refractivity contribution in [3.8, 4) is 5.75 Å². The number of ether oxygens (including phenoxy) is 1. The fourth-order valence-electron chi connectivity index (χ4n) is 4.90. The molecule has 1 aromatic heterocycles. The van der Waals surface area contributed by atoms with E-state index in [2.05, 4.69) is 28.1 Å². The van der Waals surface area contributed by atoms with Crippen LogP contribution in [-0.4, -0.2) is 41.7 Å². The second kappa shape index (κ2) is 7.83. The summed E-state index contributed by atoms with van der Waals surface area (Å²) in [6, 6.07) is 12.0. The van der Waals surface area contributed by atoms with E-state index in [0.29, 0.717) is 0 Å². The lowest BCUT2D eigenvalue weighted by Gasteiger charge is -2.53. The third kappa shape index (κ3) is 3.52. The van der Waals surface area contributed by atoms with Gasteiger partial charge in [0.05, 0.1) is 12.7 Å². The molecule has 2 aromatic rings. The minimum Gasteiger partial charge on any atom is -0.496 e. The molecule has 1 aliphatic heterocycles. The van der Waals surface area contributed by atoms with E-state index < -0.39 is 5.60 Å². The highest BCUT2D eigenvalue weighted by molar-refractivity contribution is 5.57. The molecule has 1 aliphatic carbocycles. The van der Waals surface area contributed by atoms with Crippen molar-refractivity contribution >= 4 is 6.08 Å². The topological polar surface area (TPSA) is 45.6 Å². The predicted octanol–water partition coefficient (Wildman–Crippen LogP) is 3.72. The van der Waals surface area contributed by atoms with Crippen LogP contribution >= 0.6 is 0 Å².